The number of nitrogens with zero attached hydrogens (tertiary/aromatic N) is 5. The molecule has 7 nitrogen and oxygen atoms in total. The highest BCUT2D eigenvalue weighted by Gasteiger charge is 2.24. The fraction of sp³-hybridized carbons (Fsp3) is 0.688. The van der Waals surface area contributed by atoms with Crippen molar-refractivity contribution in [1.29, 1.82) is 0 Å². The molecule has 0 bridgehead atoms. The zero-order chi connectivity index (χ0) is 16.8. The Hall–Kier alpha value is -1.73. The first-order valence-electron chi connectivity index (χ1n) is 7.93. The van der Waals surface area contributed by atoms with Gasteiger partial charge in [0.25, 0.3) is 0 Å². The standard InChI is InChI=1S/C16H27N5O2/c1-19(2)15-8-14(17-12-18-15)7-13-9-20(3)5-6-21(10-13)16(22)11-23-4/h8,12-13H,5-7,9-11H2,1-4H3. The van der Waals surface area contributed by atoms with Gasteiger partial charge in [-0.2, -0.15) is 0 Å². The zero-order valence-corrected chi connectivity index (χ0v) is 14.5. The quantitative estimate of drug-likeness (QED) is 0.768. The number of hydrogen-bond donors (Lipinski definition) is 0. The van der Waals surface area contributed by atoms with Gasteiger partial charge in [0.05, 0.1) is 0 Å². The Morgan fingerprint density at radius 1 is 1.35 bits per heavy atom. The van der Waals surface area contributed by atoms with Crippen LogP contribution < -0.4 is 4.90 Å². The summed E-state index contributed by atoms with van der Waals surface area (Å²) >= 11 is 0. The number of carbonyl (C=O) groups is 1. The van der Waals surface area contributed by atoms with Crippen LogP contribution in [0.25, 0.3) is 0 Å². The molecule has 0 aliphatic carbocycles. The van der Waals surface area contributed by atoms with Crippen LogP contribution in [0, 0.1) is 5.92 Å². The van der Waals surface area contributed by atoms with Crippen LogP contribution in [0.5, 0.6) is 0 Å². The molecule has 0 spiro atoms. The minimum Gasteiger partial charge on any atom is -0.375 e. The van der Waals surface area contributed by atoms with E-state index in [9.17, 15) is 4.79 Å². The maximum atomic E-state index is 12.1. The Bertz CT molecular complexity index is 523. The molecular weight excluding hydrogens is 294 g/mol. The Labute approximate surface area is 138 Å². The number of ether oxygens (including phenoxy) is 1. The van der Waals surface area contributed by atoms with Gasteiger partial charge in [0.2, 0.25) is 5.91 Å². The average Bonchev–Trinajstić information content (AvgIpc) is 2.69. The van der Waals surface area contributed by atoms with Crippen LogP contribution in [0.3, 0.4) is 0 Å². The molecule has 128 valence electrons. The summed E-state index contributed by atoms with van der Waals surface area (Å²) in [4.78, 5) is 27.0. The lowest BCUT2D eigenvalue weighted by molar-refractivity contribution is -0.135. The van der Waals surface area contributed by atoms with Crippen LogP contribution >= 0.6 is 0 Å². The van der Waals surface area contributed by atoms with Gasteiger partial charge in [0.15, 0.2) is 0 Å². The van der Waals surface area contributed by atoms with E-state index in [1.807, 2.05) is 30.0 Å². The molecule has 0 saturated carbocycles. The molecule has 1 amide bonds. The lowest BCUT2D eigenvalue weighted by Gasteiger charge is -2.24. The van der Waals surface area contributed by atoms with E-state index in [4.69, 9.17) is 4.74 Å². The molecule has 1 aliphatic rings. The normalized spacial score (nSPS) is 19.5. The fourth-order valence-electron chi connectivity index (χ4n) is 2.89. The summed E-state index contributed by atoms with van der Waals surface area (Å²) in [7, 11) is 7.60. The molecule has 1 unspecified atom stereocenters. The van der Waals surface area contributed by atoms with Crippen LogP contribution in [0.2, 0.25) is 0 Å². The molecule has 0 N–H and O–H groups in total. The SMILES string of the molecule is COCC(=O)N1CCN(C)CC(Cc2cc(N(C)C)ncn2)C1. The third-order valence-corrected chi connectivity index (χ3v) is 4.09. The first kappa shape index (κ1) is 17.6. The molecule has 0 aromatic carbocycles. The van der Waals surface area contributed by atoms with Gasteiger partial charge < -0.3 is 19.4 Å². The highest BCUT2D eigenvalue weighted by Crippen LogP contribution is 2.16. The van der Waals surface area contributed by atoms with E-state index >= 15 is 0 Å². The van der Waals surface area contributed by atoms with Crippen molar-refractivity contribution in [3.05, 3.63) is 18.1 Å². The smallest absolute Gasteiger partial charge is 0.248 e. The van der Waals surface area contributed by atoms with Crippen LogP contribution in [0.4, 0.5) is 5.82 Å². The molecule has 1 fully saturated rings. The van der Waals surface area contributed by atoms with E-state index in [2.05, 4.69) is 21.9 Å². The molecule has 2 heterocycles. The first-order valence-corrected chi connectivity index (χ1v) is 7.93. The van der Waals surface area contributed by atoms with Crippen molar-refractivity contribution in [2.45, 2.75) is 6.42 Å². The summed E-state index contributed by atoms with van der Waals surface area (Å²) < 4.78 is 4.99. The van der Waals surface area contributed by atoms with Gasteiger partial charge in [-0.25, -0.2) is 9.97 Å². The summed E-state index contributed by atoms with van der Waals surface area (Å²) in [6.45, 7) is 3.49. The Balaban J connectivity index is 2.07. The van der Waals surface area contributed by atoms with E-state index in [0.29, 0.717) is 5.92 Å². The number of carbonyl (C=O) groups excluding carboxylic acids is 1. The van der Waals surface area contributed by atoms with Crippen LogP contribution in [0.15, 0.2) is 12.4 Å². The highest BCUT2D eigenvalue weighted by atomic mass is 16.5. The summed E-state index contributed by atoms with van der Waals surface area (Å²) in [5.74, 6) is 1.32. The van der Waals surface area contributed by atoms with Gasteiger partial charge in [0.1, 0.15) is 18.8 Å². The predicted octanol–water partition coefficient (Wildman–Crippen LogP) is 0.122. The van der Waals surface area contributed by atoms with Crippen molar-refractivity contribution >= 4 is 11.7 Å². The van der Waals surface area contributed by atoms with Gasteiger partial charge in [-0.15, -0.1) is 0 Å². The van der Waals surface area contributed by atoms with Crippen molar-refractivity contribution < 1.29 is 9.53 Å². The molecule has 1 saturated heterocycles. The van der Waals surface area contributed by atoms with Gasteiger partial charge >= 0.3 is 0 Å². The summed E-state index contributed by atoms with van der Waals surface area (Å²) in [6, 6.07) is 2.02. The molecule has 1 aromatic rings. The largest absolute Gasteiger partial charge is 0.375 e. The van der Waals surface area contributed by atoms with E-state index < -0.39 is 0 Å². The topological polar surface area (TPSA) is 61.8 Å². The minimum absolute atomic E-state index is 0.0597. The van der Waals surface area contributed by atoms with Gasteiger partial charge in [-0.3, -0.25) is 4.79 Å². The number of hydrogen-bond acceptors (Lipinski definition) is 6. The van der Waals surface area contributed by atoms with Crippen molar-refractivity contribution in [2.75, 3.05) is 65.9 Å². The minimum atomic E-state index is 0.0597. The fourth-order valence-corrected chi connectivity index (χ4v) is 2.89. The molecule has 1 aromatic heterocycles. The zero-order valence-electron chi connectivity index (χ0n) is 14.5. The van der Waals surface area contributed by atoms with Crippen LogP contribution in [-0.2, 0) is 16.0 Å². The summed E-state index contributed by atoms with van der Waals surface area (Å²) in [5.41, 5.74) is 1.02. The lowest BCUT2D eigenvalue weighted by Crippen LogP contribution is -2.38. The molecule has 1 atom stereocenters. The Morgan fingerprint density at radius 3 is 2.83 bits per heavy atom. The number of methoxy groups -OCH3 is 1. The number of likely N-dealkylation sites (N-methyl/N-ethyl adjacent to an activating group) is 1. The predicted molar refractivity (Wildman–Crippen MR) is 89.5 cm³/mol. The second-order valence-electron chi connectivity index (χ2n) is 6.37. The first-order chi connectivity index (χ1) is 11.0. The third-order valence-electron chi connectivity index (χ3n) is 4.09. The highest BCUT2D eigenvalue weighted by molar-refractivity contribution is 5.77. The second kappa shape index (κ2) is 8.21. The second-order valence-corrected chi connectivity index (χ2v) is 6.37. The van der Waals surface area contributed by atoms with Gasteiger partial charge in [0, 0.05) is 59.1 Å². The number of aromatic nitrogens is 2. The van der Waals surface area contributed by atoms with E-state index in [1.54, 1.807) is 13.4 Å². The Kier molecular flexibility index (Phi) is 6.29. The third kappa shape index (κ3) is 5.14. The number of rotatable bonds is 5. The lowest BCUT2D eigenvalue weighted by atomic mass is 10.0. The van der Waals surface area contributed by atoms with Crippen LogP contribution in [-0.4, -0.2) is 86.7 Å². The molecular formula is C16H27N5O2. The number of amides is 1. The molecule has 7 heteroatoms. The average molecular weight is 321 g/mol. The number of anilines is 1. The summed E-state index contributed by atoms with van der Waals surface area (Å²) in [6.07, 6.45) is 2.45. The van der Waals surface area contributed by atoms with Crippen molar-refractivity contribution in [2.24, 2.45) is 5.92 Å². The summed E-state index contributed by atoms with van der Waals surface area (Å²) in [5, 5.41) is 0. The Morgan fingerprint density at radius 2 is 2.13 bits per heavy atom. The van der Waals surface area contributed by atoms with E-state index in [-0.39, 0.29) is 12.5 Å². The van der Waals surface area contributed by atoms with Crippen LogP contribution in [0.1, 0.15) is 5.69 Å². The maximum Gasteiger partial charge on any atom is 0.248 e. The van der Waals surface area contributed by atoms with E-state index in [0.717, 1.165) is 44.1 Å². The van der Waals surface area contributed by atoms with Crippen molar-refractivity contribution in [3.8, 4) is 0 Å². The van der Waals surface area contributed by atoms with Crippen molar-refractivity contribution in [3.63, 3.8) is 0 Å². The van der Waals surface area contributed by atoms with Gasteiger partial charge in [-0.1, -0.05) is 0 Å². The molecule has 0 radical (unpaired) electrons. The van der Waals surface area contributed by atoms with Gasteiger partial charge in [-0.05, 0) is 19.4 Å². The maximum absolute atomic E-state index is 12.1. The molecule has 1 aliphatic heterocycles. The van der Waals surface area contributed by atoms with Crippen molar-refractivity contribution in [1.82, 2.24) is 19.8 Å². The monoisotopic (exact) mass is 321 g/mol. The van der Waals surface area contributed by atoms with E-state index in [1.165, 1.54) is 0 Å². The molecule has 23 heavy (non-hydrogen) atoms. The molecule has 2 rings (SSSR count).